The Kier molecular flexibility index (Phi) is 4.49. The Balaban J connectivity index is 2.02. The molecule has 0 fully saturated rings. The number of nitrogens with zero attached hydrogens (tertiary/aromatic N) is 3. The molecule has 0 saturated heterocycles. The smallest absolute Gasteiger partial charge is 0.259 e. The average molecular weight is 321 g/mol. The Morgan fingerprint density at radius 3 is 2.50 bits per heavy atom. The van der Waals surface area contributed by atoms with Crippen LogP contribution in [0.3, 0.4) is 0 Å². The standard InChI is InChI=1S/C20H23N3O/c1-14(2)22(3)12-15-5-7-16(8-6-15)19-13-23(4)20(24)18-11-21-10-9-17(18)19/h5-11,13-14H,12H2,1-4H3. The first-order chi connectivity index (χ1) is 11.5. The molecule has 24 heavy (non-hydrogen) atoms. The van der Waals surface area contributed by atoms with Crippen LogP contribution in [0.2, 0.25) is 0 Å². The number of benzene rings is 1. The minimum absolute atomic E-state index is 0.0166. The minimum Gasteiger partial charge on any atom is -0.317 e. The normalized spacial score (nSPS) is 11.6. The number of rotatable bonds is 4. The molecule has 0 spiro atoms. The van der Waals surface area contributed by atoms with Crippen molar-refractivity contribution in [3.63, 3.8) is 0 Å². The fourth-order valence-electron chi connectivity index (χ4n) is 2.80. The van der Waals surface area contributed by atoms with E-state index >= 15 is 0 Å². The van der Waals surface area contributed by atoms with E-state index in [1.54, 1.807) is 24.0 Å². The third kappa shape index (κ3) is 3.10. The van der Waals surface area contributed by atoms with Crippen LogP contribution >= 0.6 is 0 Å². The Hall–Kier alpha value is -2.46. The van der Waals surface area contributed by atoms with E-state index in [1.165, 1.54) is 5.56 Å². The second kappa shape index (κ2) is 6.57. The molecule has 0 aliphatic rings. The van der Waals surface area contributed by atoms with E-state index in [2.05, 4.69) is 55.0 Å². The average Bonchev–Trinajstić information content (AvgIpc) is 2.59. The van der Waals surface area contributed by atoms with Crippen LogP contribution in [0, 0.1) is 0 Å². The van der Waals surface area contributed by atoms with Gasteiger partial charge >= 0.3 is 0 Å². The van der Waals surface area contributed by atoms with E-state index in [-0.39, 0.29) is 5.56 Å². The molecule has 0 bridgehead atoms. The van der Waals surface area contributed by atoms with Gasteiger partial charge in [0.2, 0.25) is 0 Å². The number of fused-ring (bicyclic) bond motifs is 1. The van der Waals surface area contributed by atoms with Gasteiger partial charge in [0, 0.05) is 43.8 Å². The van der Waals surface area contributed by atoms with Gasteiger partial charge in [-0.2, -0.15) is 0 Å². The van der Waals surface area contributed by atoms with Crippen LogP contribution in [0.25, 0.3) is 21.9 Å². The number of pyridine rings is 2. The summed E-state index contributed by atoms with van der Waals surface area (Å²) in [6, 6.07) is 11.0. The van der Waals surface area contributed by atoms with E-state index in [9.17, 15) is 4.79 Å². The first-order valence-electron chi connectivity index (χ1n) is 8.20. The molecule has 4 nitrogen and oxygen atoms in total. The minimum atomic E-state index is -0.0166. The molecule has 0 atom stereocenters. The van der Waals surface area contributed by atoms with Crippen LogP contribution in [0.1, 0.15) is 19.4 Å². The van der Waals surface area contributed by atoms with E-state index in [0.29, 0.717) is 11.4 Å². The van der Waals surface area contributed by atoms with Gasteiger partial charge in [-0.25, -0.2) is 0 Å². The maximum atomic E-state index is 12.3. The molecule has 0 radical (unpaired) electrons. The highest BCUT2D eigenvalue weighted by molar-refractivity contribution is 5.95. The zero-order valence-corrected chi connectivity index (χ0v) is 14.7. The predicted molar refractivity (Wildman–Crippen MR) is 99.0 cm³/mol. The molecule has 0 saturated carbocycles. The van der Waals surface area contributed by atoms with Gasteiger partial charge in [-0.1, -0.05) is 24.3 Å². The largest absolute Gasteiger partial charge is 0.317 e. The van der Waals surface area contributed by atoms with Crippen molar-refractivity contribution in [1.29, 1.82) is 0 Å². The van der Waals surface area contributed by atoms with Gasteiger partial charge in [0.1, 0.15) is 0 Å². The molecule has 0 N–H and O–H groups in total. The molecule has 0 aliphatic carbocycles. The van der Waals surface area contributed by atoms with E-state index in [4.69, 9.17) is 0 Å². The van der Waals surface area contributed by atoms with Crippen molar-refractivity contribution < 1.29 is 0 Å². The topological polar surface area (TPSA) is 38.1 Å². The summed E-state index contributed by atoms with van der Waals surface area (Å²) >= 11 is 0. The quantitative estimate of drug-likeness (QED) is 0.739. The number of aromatic nitrogens is 2. The van der Waals surface area contributed by atoms with Gasteiger partial charge in [-0.3, -0.25) is 14.7 Å². The maximum Gasteiger partial charge on any atom is 0.259 e. The Morgan fingerprint density at radius 2 is 1.83 bits per heavy atom. The lowest BCUT2D eigenvalue weighted by atomic mass is 10.0. The highest BCUT2D eigenvalue weighted by Crippen LogP contribution is 2.26. The lowest BCUT2D eigenvalue weighted by molar-refractivity contribution is 0.266. The first kappa shape index (κ1) is 16.4. The molecule has 0 amide bonds. The van der Waals surface area contributed by atoms with Crippen molar-refractivity contribution in [3.05, 3.63) is 64.8 Å². The van der Waals surface area contributed by atoms with Crippen LogP contribution in [0.15, 0.2) is 53.7 Å². The molecule has 3 aromatic rings. The summed E-state index contributed by atoms with van der Waals surface area (Å²) in [5.74, 6) is 0. The van der Waals surface area contributed by atoms with Crippen molar-refractivity contribution in [2.24, 2.45) is 7.05 Å². The summed E-state index contributed by atoms with van der Waals surface area (Å²) in [7, 11) is 3.91. The van der Waals surface area contributed by atoms with E-state index in [1.807, 2.05) is 12.3 Å². The summed E-state index contributed by atoms with van der Waals surface area (Å²) in [4.78, 5) is 18.7. The van der Waals surface area contributed by atoms with Crippen LogP contribution in [-0.2, 0) is 13.6 Å². The van der Waals surface area contributed by atoms with Crippen molar-refractivity contribution in [3.8, 4) is 11.1 Å². The van der Waals surface area contributed by atoms with Crippen molar-refractivity contribution >= 4 is 10.8 Å². The van der Waals surface area contributed by atoms with Crippen LogP contribution in [-0.4, -0.2) is 27.5 Å². The molecule has 0 unspecified atom stereocenters. The van der Waals surface area contributed by atoms with Gasteiger partial charge in [0.15, 0.2) is 0 Å². The second-order valence-corrected chi connectivity index (χ2v) is 6.59. The lowest BCUT2D eigenvalue weighted by Gasteiger charge is -2.21. The molecule has 1 aromatic carbocycles. The number of aryl methyl sites for hydroxylation is 1. The maximum absolute atomic E-state index is 12.3. The van der Waals surface area contributed by atoms with E-state index < -0.39 is 0 Å². The van der Waals surface area contributed by atoms with Crippen molar-refractivity contribution in [2.45, 2.75) is 26.4 Å². The zero-order valence-electron chi connectivity index (χ0n) is 14.7. The molecular weight excluding hydrogens is 298 g/mol. The van der Waals surface area contributed by atoms with Gasteiger partial charge in [0.05, 0.1) is 5.39 Å². The Morgan fingerprint density at radius 1 is 1.12 bits per heavy atom. The molecule has 3 rings (SSSR count). The fraction of sp³-hybridized carbons (Fsp3) is 0.300. The zero-order chi connectivity index (χ0) is 17.3. The van der Waals surface area contributed by atoms with Crippen molar-refractivity contribution in [1.82, 2.24) is 14.5 Å². The van der Waals surface area contributed by atoms with Gasteiger partial charge in [0.25, 0.3) is 5.56 Å². The molecule has 2 heterocycles. The van der Waals surface area contributed by atoms with Gasteiger partial charge < -0.3 is 4.57 Å². The third-order valence-corrected chi connectivity index (χ3v) is 4.56. The van der Waals surface area contributed by atoms with Gasteiger partial charge in [-0.15, -0.1) is 0 Å². The highest BCUT2D eigenvalue weighted by Gasteiger charge is 2.10. The molecular formula is C20H23N3O. The third-order valence-electron chi connectivity index (χ3n) is 4.56. The van der Waals surface area contributed by atoms with Gasteiger partial charge in [-0.05, 0) is 43.5 Å². The SMILES string of the molecule is CC(C)N(C)Cc1ccc(-c2cn(C)c(=O)c3cnccc23)cc1. The van der Waals surface area contributed by atoms with E-state index in [0.717, 1.165) is 23.1 Å². The van der Waals surface area contributed by atoms with Crippen LogP contribution in [0.5, 0.6) is 0 Å². The van der Waals surface area contributed by atoms with Crippen LogP contribution in [0.4, 0.5) is 0 Å². The Bertz CT molecular complexity index is 910. The molecule has 124 valence electrons. The highest BCUT2D eigenvalue weighted by atomic mass is 16.1. The fourth-order valence-corrected chi connectivity index (χ4v) is 2.80. The summed E-state index contributed by atoms with van der Waals surface area (Å²) < 4.78 is 1.62. The monoisotopic (exact) mass is 321 g/mol. The predicted octanol–water partition coefficient (Wildman–Crippen LogP) is 3.44. The number of hydrogen-bond donors (Lipinski definition) is 0. The summed E-state index contributed by atoms with van der Waals surface area (Å²) in [5, 5.41) is 1.60. The molecule has 0 aliphatic heterocycles. The first-order valence-corrected chi connectivity index (χ1v) is 8.20. The summed E-state index contributed by atoms with van der Waals surface area (Å²) in [6.45, 7) is 5.31. The molecule has 4 heteroatoms. The van der Waals surface area contributed by atoms with Crippen molar-refractivity contribution in [2.75, 3.05) is 7.05 Å². The number of hydrogen-bond acceptors (Lipinski definition) is 3. The van der Waals surface area contributed by atoms with Crippen LogP contribution < -0.4 is 5.56 Å². The Labute approximate surface area is 142 Å². The summed E-state index contributed by atoms with van der Waals surface area (Å²) in [5.41, 5.74) is 3.43. The summed E-state index contributed by atoms with van der Waals surface area (Å²) in [6.07, 6.45) is 5.28. The lowest BCUT2D eigenvalue weighted by Crippen LogP contribution is -2.25. The second-order valence-electron chi connectivity index (χ2n) is 6.59. The molecule has 2 aromatic heterocycles.